The van der Waals surface area contributed by atoms with Gasteiger partial charge < -0.3 is 14.7 Å². The molecule has 2 aromatic rings. The lowest BCUT2D eigenvalue weighted by molar-refractivity contribution is -0.124. The Labute approximate surface area is 223 Å². The molecular weight excluding hydrogens is 507 g/mol. The average molecular weight is 538 g/mol. The number of aliphatic hydroxyl groups excluding tert-OH is 1. The van der Waals surface area contributed by atoms with Crippen molar-refractivity contribution in [1.82, 2.24) is 9.80 Å². The summed E-state index contributed by atoms with van der Waals surface area (Å²) in [5.74, 6) is 0.693. The molecule has 5 nitrogen and oxygen atoms in total. The van der Waals surface area contributed by atoms with E-state index in [0.29, 0.717) is 22.3 Å². The lowest BCUT2D eigenvalue weighted by Crippen LogP contribution is -2.38. The number of ether oxygens (including phenoxy) is 1. The van der Waals surface area contributed by atoms with Crippen molar-refractivity contribution in [2.24, 2.45) is 0 Å². The molecule has 1 saturated heterocycles. The van der Waals surface area contributed by atoms with Gasteiger partial charge in [-0.2, -0.15) is 0 Å². The standard InChI is InChI=1S/C27H30Cl2N2O3.ClH/c28-24-9-7-22(17-25(24)29)20-11-15-30(16-12-20)18-23(32)19-34-26-6-2-1-5-21(26)8-10-27(33)31-13-3-4-14-31;/h1-2,5-11,17,23,32H,3-4,12-16,18-19H2;1H. The van der Waals surface area contributed by atoms with Gasteiger partial charge in [-0.3, -0.25) is 9.69 Å². The van der Waals surface area contributed by atoms with Crippen molar-refractivity contribution < 1.29 is 14.6 Å². The fourth-order valence-electron chi connectivity index (χ4n) is 4.33. The van der Waals surface area contributed by atoms with Crippen molar-refractivity contribution in [2.45, 2.75) is 25.4 Å². The molecule has 0 radical (unpaired) electrons. The number of para-hydroxylation sites is 1. The Morgan fingerprint density at radius 2 is 1.86 bits per heavy atom. The molecule has 2 aromatic carbocycles. The number of aliphatic hydroxyl groups is 1. The highest BCUT2D eigenvalue weighted by atomic mass is 35.5. The maximum Gasteiger partial charge on any atom is 0.246 e. The topological polar surface area (TPSA) is 53.0 Å². The number of hydrogen-bond acceptors (Lipinski definition) is 4. The first-order chi connectivity index (χ1) is 16.5. The van der Waals surface area contributed by atoms with Crippen molar-refractivity contribution in [2.75, 3.05) is 39.3 Å². The molecule has 4 rings (SSSR count). The lowest BCUT2D eigenvalue weighted by atomic mass is 9.99. The van der Waals surface area contributed by atoms with Crippen LogP contribution in [-0.2, 0) is 4.79 Å². The van der Waals surface area contributed by atoms with Gasteiger partial charge in [0.15, 0.2) is 0 Å². The van der Waals surface area contributed by atoms with Crippen molar-refractivity contribution in [3.8, 4) is 5.75 Å². The summed E-state index contributed by atoms with van der Waals surface area (Å²) in [6.07, 6.45) is 7.97. The number of carbonyl (C=O) groups excluding carboxylic acids is 1. The highest BCUT2D eigenvalue weighted by Crippen LogP contribution is 2.29. The summed E-state index contributed by atoms with van der Waals surface area (Å²) < 4.78 is 5.92. The van der Waals surface area contributed by atoms with E-state index in [1.165, 1.54) is 5.57 Å². The predicted octanol–water partition coefficient (Wildman–Crippen LogP) is 5.58. The maximum atomic E-state index is 12.3. The van der Waals surface area contributed by atoms with E-state index in [1.54, 1.807) is 12.2 Å². The second kappa shape index (κ2) is 13.3. The molecule has 188 valence electrons. The minimum absolute atomic E-state index is 0. The normalized spacial score (nSPS) is 17.2. The number of hydrogen-bond donors (Lipinski definition) is 1. The van der Waals surface area contributed by atoms with Gasteiger partial charge in [0.2, 0.25) is 5.91 Å². The molecule has 2 aliphatic heterocycles. The van der Waals surface area contributed by atoms with E-state index in [4.69, 9.17) is 27.9 Å². The number of likely N-dealkylation sites (tertiary alicyclic amines) is 1. The molecule has 0 spiro atoms. The molecule has 0 aliphatic carbocycles. The highest BCUT2D eigenvalue weighted by Gasteiger charge is 2.18. The van der Waals surface area contributed by atoms with Crippen LogP contribution in [0.15, 0.2) is 54.6 Å². The van der Waals surface area contributed by atoms with E-state index in [1.807, 2.05) is 47.4 Å². The molecule has 8 heteroatoms. The summed E-state index contributed by atoms with van der Waals surface area (Å²) in [5, 5.41) is 11.7. The highest BCUT2D eigenvalue weighted by molar-refractivity contribution is 6.42. The number of amides is 1. The second-order valence-corrected chi connectivity index (χ2v) is 9.55. The SMILES string of the molecule is Cl.O=C(C=Cc1ccccc1OCC(O)CN1CC=C(c2ccc(Cl)c(Cl)c2)CC1)N1CCCC1. The molecule has 2 aliphatic rings. The van der Waals surface area contributed by atoms with Crippen LogP contribution in [0.2, 0.25) is 10.0 Å². The van der Waals surface area contributed by atoms with Gasteiger partial charge in [-0.05, 0) is 54.7 Å². The third-order valence-electron chi connectivity index (χ3n) is 6.23. The maximum absolute atomic E-state index is 12.3. The van der Waals surface area contributed by atoms with Crippen molar-refractivity contribution >= 4 is 53.2 Å². The molecular formula is C27H31Cl3N2O3. The number of β-amino-alcohol motifs (C(OH)–C–C–N with tert-alkyl or cyclic N) is 1. The summed E-state index contributed by atoms with van der Waals surface area (Å²) in [7, 11) is 0. The first kappa shape index (κ1) is 27.6. The molecule has 35 heavy (non-hydrogen) atoms. The summed E-state index contributed by atoms with van der Waals surface area (Å²) in [6.45, 7) is 3.97. The first-order valence-electron chi connectivity index (χ1n) is 11.7. The van der Waals surface area contributed by atoms with Gasteiger partial charge in [-0.15, -0.1) is 12.4 Å². The van der Waals surface area contributed by atoms with E-state index >= 15 is 0 Å². The minimum atomic E-state index is -0.622. The molecule has 1 amide bonds. The van der Waals surface area contributed by atoms with Crippen molar-refractivity contribution in [3.05, 3.63) is 75.8 Å². The van der Waals surface area contributed by atoms with Crippen LogP contribution in [0.5, 0.6) is 5.75 Å². The van der Waals surface area contributed by atoms with Gasteiger partial charge in [-0.25, -0.2) is 0 Å². The summed E-state index contributed by atoms with van der Waals surface area (Å²) in [6, 6.07) is 13.3. The Morgan fingerprint density at radius 3 is 2.57 bits per heavy atom. The van der Waals surface area contributed by atoms with Crippen LogP contribution in [-0.4, -0.2) is 66.2 Å². The van der Waals surface area contributed by atoms with Gasteiger partial charge in [0, 0.05) is 44.4 Å². The van der Waals surface area contributed by atoms with Crippen LogP contribution in [0.3, 0.4) is 0 Å². The summed E-state index contributed by atoms with van der Waals surface area (Å²) in [4.78, 5) is 16.4. The van der Waals surface area contributed by atoms with Crippen LogP contribution in [0.4, 0.5) is 0 Å². The van der Waals surface area contributed by atoms with Crippen LogP contribution >= 0.6 is 35.6 Å². The third-order valence-corrected chi connectivity index (χ3v) is 6.97. The molecule has 0 bridgehead atoms. The average Bonchev–Trinajstić information content (AvgIpc) is 3.39. The zero-order chi connectivity index (χ0) is 23.9. The summed E-state index contributed by atoms with van der Waals surface area (Å²) >= 11 is 12.2. The second-order valence-electron chi connectivity index (χ2n) is 8.74. The van der Waals surface area contributed by atoms with Crippen LogP contribution in [0, 0.1) is 0 Å². The van der Waals surface area contributed by atoms with Crippen LogP contribution in [0.1, 0.15) is 30.4 Å². The van der Waals surface area contributed by atoms with E-state index in [0.717, 1.165) is 56.6 Å². The van der Waals surface area contributed by atoms with E-state index in [9.17, 15) is 9.90 Å². The Kier molecular flexibility index (Phi) is 10.5. The van der Waals surface area contributed by atoms with Gasteiger partial charge in [0.1, 0.15) is 18.5 Å². The number of nitrogens with zero attached hydrogens (tertiary/aromatic N) is 2. The van der Waals surface area contributed by atoms with E-state index in [2.05, 4.69) is 11.0 Å². The molecule has 1 fully saturated rings. The van der Waals surface area contributed by atoms with E-state index < -0.39 is 6.10 Å². The molecule has 1 unspecified atom stereocenters. The largest absolute Gasteiger partial charge is 0.490 e. The Morgan fingerprint density at radius 1 is 1.09 bits per heavy atom. The first-order valence-corrected chi connectivity index (χ1v) is 12.5. The van der Waals surface area contributed by atoms with Gasteiger partial charge in [0.05, 0.1) is 10.0 Å². The zero-order valence-corrected chi connectivity index (χ0v) is 21.9. The molecule has 0 aromatic heterocycles. The third kappa shape index (κ3) is 7.73. The van der Waals surface area contributed by atoms with Gasteiger partial charge >= 0.3 is 0 Å². The predicted molar refractivity (Wildman–Crippen MR) is 146 cm³/mol. The van der Waals surface area contributed by atoms with Crippen molar-refractivity contribution in [1.29, 1.82) is 0 Å². The molecule has 1 atom stereocenters. The van der Waals surface area contributed by atoms with Gasteiger partial charge in [0.25, 0.3) is 0 Å². The number of carbonyl (C=O) groups is 1. The number of halogens is 3. The zero-order valence-electron chi connectivity index (χ0n) is 19.5. The quantitative estimate of drug-likeness (QED) is 0.447. The fraction of sp³-hybridized carbons (Fsp3) is 0.370. The number of benzene rings is 2. The van der Waals surface area contributed by atoms with E-state index in [-0.39, 0.29) is 24.9 Å². The monoisotopic (exact) mass is 536 g/mol. The summed E-state index contributed by atoms with van der Waals surface area (Å²) in [5.41, 5.74) is 3.16. The number of rotatable bonds is 8. The Balaban J connectivity index is 0.00000342. The molecule has 2 heterocycles. The smallest absolute Gasteiger partial charge is 0.246 e. The Bertz CT molecular complexity index is 1070. The molecule has 0 saturated carbocycles. The van der Waals surface area contributed by atoms with Crippen LogP contribution < -0.4 is 4.74 Å². The van der Waals surface area contributed by atoms with Crippen molar-refractivity contribution in [3.63, 3.8) is 0 Å². The minimum Gasteiger partial charge on any atom is -0.490 e. The fourth-order valence-corrected chi connectivity index (χ4v) is 4.62. The lowest BCUT2D eigenvalue weighted by Gasteiger charge is -2.28. The van der Waals surface area contributed by atoms with Gasteiger partial charge in [-0.1, -0.05) is 53.5 Å². The Hall–Kier alpha value is -2.02. The molecule has 1 N–H and O–H groups in total. The van der Waals surface area contributed by atoms with Crippen LogP contribution in [0.25, 0.3) is 11.6 Å².